The van der Waals surface area contributed by atoms with Crippen molar-refractivity contribution in [3.63, 3.8) is 0 Å². The Labute approximate surface area is 767 Å². The Morgan fingerprint density at radius 1 is 0.476 bits per heavy atom. The predicted octanol–water partition coefficient (Wildman–Crippen LogP) is 19.8. The number of furan rings is 4. The molecule has 0 radical (unpaired) electrons. The number of nitrogens with zero attached hydrogens (tertiary/aromatic N) is 8. The van der Waals surface area contributed by atoms with Gasteiger partial charge in [0.25, 0.3) is 0 Å². The van der Waals surface area contributed by atoms with Crippen molar-refractivity contribution in [1.29, 1.82) is 0 Å². The number of halogens is 6. The van der Waals surface area contributed by atoms with Crippen molar-refractivity contribution in [2.75, 3.05) is 44.5 Å². The van der Waals surface area contributed by atoms with E-state index < -0.39 is 0 Å². The molecule has 0 unspecified atom stereocenters. The first kappa shape index (κ1) is 93.0. The summed E-state index contributed by atoms with van der Waals surface area (Å²) >= 11 is 19.1. The lowest BCUT2D eigenvalue weighted by Gasteiger charge is -2.32. The van der Waals surface area contributed by atoms with Gasteiger partial charge in [0.05, 0.1) is 77.6 Å². The maximum Gasteiger partial charge on any atom is 0.513 e. The summed E-state index contributed by atoms with van der Waals surface area (Å²) in [5, 5.41) is 97.6. The summed E-state index contributed by atoms with van der Waals surface area (Å²) in [6.45, 7) is 8.94. The summed E-state index contributed by atoms with van der Waals surface area (Å²) in [6.07, 6.45) is 21.3. The first-order chi connectivity index (χ1) is 59.7. The molecule has 33 heteroatoms. The van der Waals surface area contributed by atoms with E-state index in [0.29, 0.717) is 78.8 Å². The van der Waals surface area contributed by atoms with Gasteiger partial charge < -0.3 is 79.4 Å². The molecule has 1 saturated heterocycles. The smallest absolute Gasteiger partial charge is 0.513 e. The fourth-order valence-corrected chi connectivity index (χ4v) is 15.5. The van der Waals surface area contributed by atoms with Crippen molar-refractivity contribution < 1.29 is 67.5 Å². The summed E-state index contributed by atoms with van der Waals surface area (Å²) < 4.78 is 41.0. The zero-order valence-corrected chi connectivity index (χ0v) is 77.7. The second-order valence-corrected chi connectivity index (χ2v) is 35.0. The molecule has 1 fully saturated rings. The van der Waals surface area contributed by atoms with Crippen LogP contribution in [0, 0.1) is 21.1 Å². The number of unbranched alkanes of at least 4 members (excludes halogenated alkanes) is 1. The van der Waals surface area contributed by atoms with Crippen molar-refractivity contribution in [1.82, 2.24) is 45.3 Å². The zero-order valence-electron chi connectivity index (χ0n) is 67.6. The van der Waals surface area contributed by atoms with Gasteiger partial charge in [-0.3, -0.25) is 25.1 Å². The van der Waals surface area contributed by atoms with Crippen LogP contribution in [0.15, 0.2) is 229 Å². The Kier molecular flexibility index (Phi) is 32.4. The largest absolute Gasteiger partial charge is 0.618 e. The number of benzene rings is 6. The zero-order chi connectivity index (χ0) is 88.4. The fraction of sp³-hybridized carbons (Fsp3) is 0.231. The molecule has 26 nitrogen and oxygen atoms in total. The third-order valence-electron chi connectivity index (χ3n) is 20.0. The molecule has 1 aliphatic heterocycles. The van der Waals surface area contributed by atoms with Crippen LogP contribution in [0.25, 0.3) is 121 Å². The van der Waals surface area contributed by atoms with Crippen molar-refractivity contribution in [2.45, 2.75) is 103 Å². The number of anilines is 2. The number of nitrogens with two attached hydrogens (primary N) is 2. The predicted molar refractivity (Wildman–Crippen MR) is 513 cm³/mol. The molecule has 640 valence electrons. The number of aliphatic hydroxyl groups excluding tert-OH is 5. The molecule has 0 atom stereocenters. The van der Waals surface area contributed by atoms with Gasteiger partial charge in [-0.2, -0.15) is 14.9 Å². The summed E-state index contributed by atoms with van der Waals surface area (Å²) in [7, 11) is -0.331. The van der Waals surface area contributed by atoms with Crippen molar-refractivity contribution in [3.8, 4) is 35.1 Å². The van der Waals surface area contributed by atoms with E-state index >= 15 is 0 Å². The summed E-state index contributed by atoms with van der Waals surface area (Å²) in [4.78, 5) is 21.4. The first-order valence-electron chi connectivity index (χ1n) is 39.3. The molecule has 1 aliphatic rings. The first-order valence-corrected chi connectivity index (χ1v) is 44.3. The monoisotopic (exact) mass is 2100 g/mol. The van der Waals surface area contributed by atoms with E-state index in [-0.39, 0.29) is 62.9 Å². The van der Waals surface area contributed by atoms with Gasteiger partial charge in [-0.25, -0.2) is 9.97 Å². The maximum absolute atomic E-state index is 12.0. The Bertz CT molecular complexity index is 6690. The molecule has 13 heterocycles. The lowest BCUT2D eigenvalue weighted by Crippen LogP contribution is -2.41. The van der Waals surface area contributed by atoms with Crippen LogP contribution in [0.5, 0.6) is 11.5 Å². The maximum atomic E-state index is 12.0. The fourth-order valence-electron chi connectivity index (χ4n) is 13.1. The van der Waals surface area contributed by atoms with Gasteiger partial charge >= 0.3 is 7.12 Å². The van der Waals surface area contributed by atoms with Gasteiger partial charge in [-0.05, 0) is 192 Å². The molecule has 0 saturated carbocycles. The van der Waals surface area contributed by atoms with Crippen LogP contribution >= 0.6 is 102 Å². The molecular formula is C91H87BBr5IN12O14. The van der Waals surface area contributed by atoms with Crippen LogP contribution < -0.4 is 21.8 Å². The van der Waals surface area contributed by atoms with Gasteiger partial charge in [0.2, 0.25) is 11.7 Å². The number of nitrogens with one attached hydrogen (secondary N) is 2. The number of aryl methyl sites for hydroxylation is 4. The number of terminal acetylenes is 1. The van der Waals surface area contributed by atoms with Gasteiger partial charge in [0, 0.05) is 160 Å². The van der Waals surface area contributed by atoms with Crippen LogP contribution in [0.3, 0.4) is 0 Å². The molecule has 0 bridgehead atoms. The highest BCUT2D eigenvalue weighted by atomic mass is 127. The lowest BCUT2D eigenvalue weighted by molar-refractivity contribution is -0.575. The van der Waals surface area contributed by atoms with Gasteiger partial charge in [0.15, 0.2) is 34.0 Å². The Morgan fingerprint density at radius 3 is 1.45 bits per heavy atom. The van der Waals surface area contributed by atoms with Crippen LogP contribution in [0.1, 0.15) is 89.3 Å². The molecule has 0 amide bonds. The average molecular weight is 2110 g/mol. The normalized spacial score (nSPS) is 12.5. The van der Waals surface area contributed by atoms with Gasteiger partial charge in [0.1, 0.15) is 34.5 Å². The summed E-state index contributed by atoms with van der Waals surface area (Å²) in [6, 6.07) is 48.5. The van der Waals surface area contributed by atoms with Crippen LogP contribution in [-0.4, -0.2) is 132 Å². The highest BCUT2D eigenvalue weighted by Gasteiger charge is 2.52. The molecule has 18 aromatic rings. The minimum atomic E-state index is -0.331. The molecule has 13 N–H and O–H groups in total. The van der Waals surface area contributed by atoms with Crippen LogP contribution in [0.4, 0.5) is 11.6 Å². The Morgan fingerprint density at radius 2 is 0.919 bits per heavy atom. The number of hydrogen-bond acceptors (Lipinski definition) is 23. The summed E-state index contributed by atoms with van der Waals surface area (Å²) in [5.41, 5.74) is 21.8. The number of nitrogen functional groups attached to an aromatic ring is 2. The Hall–Kier alpha value is -10.2. The quantitative estimate of drug-likeness (QED) is 0.0107. The summed E-state index contributed by atoms with van der Waals surface area (Å²) in [5.74, 6) is 6.95. The van der Waals surface area contributed by atoms with Gasteiger partial charge in [-0.1, -0.05) is 116 Å². The second kappa shape index (κ2) is 43.2. The topological polar surface area (TPSA) is 413 Å². The molecule has 0 spiro atoms. The number of rotatable bonds is 16. The van der Waals surface area contributed by atoms with Crippen LogP contribution in [-0.2, 0) is 35.0 Å². The number of aromatic nitrogens is 10. The molecule has 0 aliphatic carbocycles. The number of aromatic hydroxyl groups is 2. The lowest BCUT2D eigenvalue weighted by atomic mass is 9.85. The van der Waals surface area contributed by atoms with E-state index in [4.69, 9.17) is 75.5 Å². The number of fused-ring (bicyclic) bond motifs is 14. The molecule has 12 aromatic heterocycles. The number of pyridine rings is 6. The number of aromatic amines is 2. The minimum Gasteiger partial charge on any atom is -0.618 e. The minimum absolute atomic E-state index is 0.131. The van der Waals surface area contributed by atoms with Crippen molar-refractivity contribution in [2.24, 2.45) is 0 Å². The third-order valence-corrected chi connectivity index (χ3v) is 23.6. The van der Waals surface area contributed by atoms with E-state index in [1.54, 1.807) is 30.7 Å². The van der Waals surface area contributed by atoms with Gasteiger partial charge in [-0.15, -0.1) is 12.3 Å². The molecule has 6 aromatic carbocycles. The van der Waals surface area contributed by atoms with E-state index in [1.165, 1.54) is 18.6 Å². The average Bonchev–Trinajstić information content (AvgIpc) is 1.58. The van der Waals surface area contributed by atoms with E-state index in [0.717, 1.165) is 177 Å². The van der Waals surface area contributed by atoms with Crippen molar-refractivity contribution in [3.05, 3.63) is 243 Å². The van der Waals surface area contributed by atoms with Crippen LogP contribution in [0.2, 0.25) is 0 Å². The van der Waals surface area contributed by atoms with E-state index in [9.17, 15) is 10.3 Å². The SMILES string of the molecule is C#CCCCO.CC1(C)OB(c2ccn[nH]2)OC1(C)C.Nc1nc2cc(-c3ccn[nH]3)ccc2c2cc(CCCO)oc12.Nc1nc2cc(Br)ccc2c2cc(CCCO)oc12.OCCCc1cc2c(cnc3cc(Br)ccc32)o1.Oc1cnc2cc(Br)ccc2c1.Oc1cnc2cc(Br)ccc2c1I.[O-][n+]1cc2oc(CCCO)cc2c2ccc(Br)cc21. The standard InChI is InChI=1S/C17H16N4O2.C14H13BrN2O2.C14H12BrNO3.C14H12BrNO2.C9H15BN2O2.C9H5BrINO.C9H6BrNO.C5H8O/c18-17-16-13(9-11(23-16)2-1-7-22)12-4-3-10(8-15(12)20-17)14-5-6-19-21-14;15-8-3-4-10-11-7-9(2-1-5-18)19-13(11)14(16)17-12(10)6-8;15-9-3-4-11-12-7-10(2-1-5-17)19-14(12)8-16(18)13(11)6-9;15-9-3-4-11-12-7-10(2-1-5-17)18-14(12)8-16-13(11)6-9;1-8(2)9(3,4)14-10(13-8)7-5-6-11-12-7;10-5-1-2-6-7(3-5)12-4-8(13)9(6)11;10-7-2-1-6-3-8(12)5-11-9(6)4-7;1-2-3-4-5-6/h3-6,8-9,22H,1-2,7H2,(H2,18,20)(H,19,21);3-4,6-7,18H,1-2,5H2,(H2,16,17);3-4,6-8,17H,1-2,5H2;3-4,6-8,17H,1-2,5H2;5-6H,1-4H3,(H,11,12);1-4,13H;1-5,12H;1,6H,3-5H2. The van der Waals surface area contributed by atoms with E-state index in [2.05, 4.69) is 153 Å². The number of aliphatic hydroxyl groups is 5. The highest BCUT2D eigenvalue weighted by Crippen LogP contribution is 2.39. The third kappa shape index (κ3) is 23.3. The molecular weight excluding hydrogens is 2020 g/mol. The molecule has 124 heavy (non-hydrogen) atoms. The highest BCUT2D eigenvalue weighted by molar-refractivity contribution is 14.1. The number of hydrogen-bond donors (Lipinski definition) is 11. The van der Waals surface area contributed by atoms with E-state index in [1.807, 2.05) is 167 Å². The Balaban J connectivity index is 0.000000132. The number of H-pyrrole nitrogens is 2. The second-order valence-electron chi connectivity index (χ2n) is 29.4. The van der Waals surface area contributed by atoms with Crippen molar-refractivity contribution >= 4 is 236 Å². The molecule has 19 rings (SSSR count).